The zero-order valence-corrected chi connectivity index (χ0v) is 17.6. The number of hydrogen-bond acceptors (Lipinski definition) is 6. The van der Waals surface area contributed by atoms with Crippen molar-refractivity contribution in [3.63, 3.8) is 0 Å². The third-order valence-electron chi connectivity index (χ3n) is 6.22. The van der Waals surface area contributed by atoms with Crippen LogP contribution in [-0.2, 0) is 0 Å². The average molecular weight is 386 g/mol. The summed E-state index contributed by atoms with van der Waals surface area (Å²) in [6.45, 7) is 6.83. The summed E-state index contributed by atoms with van der Waals surface area (Å²) in [5.41, 5.74) is 2.73. The van der Waals surface area contributed by atoms with Crippen molar-refractivity contribution in [3.05, 3.63) is 29.8 Å². The zero-order valence-electron chi connectivity index (χ0n) is 16.8. The molecule has 146 valence electrons. The Kier molecular flexibility index (Phi) is 5.53. The van der Waals surface area contributed by atoms with E-state index in [1.54, 1.807) is 0 Å². The maximum Gasteiger partial charge on any atom is 0.238 e. The molecule has 2 saturated heterocycles. The molecule has 1 aromatic carbocycles. The number of benzene rings is 1. The molecule has 2 aliphatic heterocycles. The Morgan fingerprint density at radius 1 is 0.889 bits per heavy atom. The molecule has 4 rings (SSSR count). The van der Waals surface area contributed by atoms with Crippen LogP contribution in [0.1, 0.15) is 31.2 Å². The van der Waals surface area contributed by atoms with Crippen molar-refractivity contribution >= 4 is 28.3 Å². The number of aromatic nitrogens is 2. The van der Waals surface area contributed by atoms with Crippen LogP contribution < -0.4 is 14.7 Å². The van der Waals surface area contributed by atoms with Crippen LogP contribution in [0.3, 0.4) is 0 Å². The second-order valence-corrected chi connectivity index (χ2v) is 8.99. The number of rotatable bonds is 4. The van der Waals surface area contributed by atoms with Gasteiger partial charge in [0.15, 0.2) is 0 Å². The predicted molar refractivity (Wildman–Crippen MR) is 115 cm³/mol. The minimum absolute atomic E-state index is 0.834. The lowest BCUT2D eigenvalue weighted by atomic mass is 9.79. The SMILES string of the molecule is Cc1ccc(N2CCC(C3CCN(c4nc(N(C)C)ns4)CC3)CC2)cc1. The van der Waals surface area contributed by atoms with Gasteiger partial charge in [-0.3, -0.25) is 0 Å². The maximum atomic E-state index is 4.67. The third kappa shape index (κ3) is 4.21. The quantitative estimate of drug-likeness (QED) is 0.793. The summed E-state index contributed by atoms with van der Waals surface area (Å²) < 4.78 is 4.45. The van der Waals surface area contributed by atoms with E-state index >= 15 is 0 Å². The minimum atomic E-state index is 0.834. The molecule has 2 aromatic rings. The summed E-state index contributed by atoms with van der Waals surface area (Å²) in [6.07, 6.45) is 5.27. The lowest BCUT2D eigenvalue weighted by molar-refractivity contribution is 0.233. The maximum absolute atomic E-state index is 4.67. The molecule has 0 radical (unpaired) electrons. The molecule has 0 bridgehead atoms. The highest BCUT2D eigenvalue weighted by molar-refractivity contribution is 7.09. The summed E-state index contributed by atoms with van der Waals surface area (Å²) in [5.74, 6) is 2.60. The molecular formula is C21H31N5S. The van der Waals surface area contributed by atoms with Crippen molar-refractivity contribution in [2.75, 3.05) is 55.0 Å². The van der Waals surface area contributed by atoms with E-state index in [-0.39, 0.29) is 0 Å². The van der Waals surface area contributed by atoms with Crippen LogP contribution >= 0.6 is 11.5 Å². The molecule has 3 heterocycles. The largest absolute Gasteiger partial charge is 0.372 e. The highest BCUT2D eigenvalue weighted by atomic mass is 32.1. The molecule has 0 aliphatic carbocycles. The average Bonchev–Trinajstić information content (AvgIpc) is 3.20. The van der Waals surface area contributed by atoms with Gasteiger partial charge in [-0.15, -0.1) is 0 Å². The standard InChI is InChI=1S/C21H31N5S/c1-16-4-6-19(7-5-16)25-12-8-17(9-13-25)18-10-14-26(15-11-18)21-22-20(23-27-21)24(2)3/h4-7,17-18H,8-15H2,1-3H3. The number of anilines is 3. The minimum Gasteiger partial charge on any atom is -0.372 e. The van der Waals surface area contributed by atoms with Gasteiger partial charge in [0.2, 0.25) is 11.1 Å². The van der Waals surface area contributed by atoms with Gasteiger partial charge in [0.05, 0.1) is 0 Å². The summed E-state index contributed by atoms with van der Waals surface area (Å²) in [5, 5.41) is 1.09. The molecule has 6 heteroatoms. The molecule has 0 spiro atoms. The Labute approximate surface area is 167 Å². The van der Waals surface area contributed by atoms with Crippen LogP contribution in [-0.4, -0.2) is 49.6 Å². The van der Waals surface area contributed by atoms with Crippen molar-refractivity contribution in [1.82, 2.24) is 9.36 Å². The van der Waals surface area contributed by atoms with E-state index in [1.807, 2.05) is 19.0 Å². The second kappa shape index (κ2) is 8.05. The van der Waals surface area contributed by atoms with Crippen LogP contribution in [0.2, 0.25) is 0 Å². The van der Waals surface area contributed by atoms with Crippen molar-refractivity contribution in [2.45, 2.75) is 32.6 Å². The fourth-order valence-electron chi connectivity index (χ4n) is 4.46. The monoisotopic (exact) mass is 385 g/mol. The summed E-state index contributed by atoms with van der Waals surface area (Å²) in [4.78, 5) is 11.7. The van der Waals surface area contributed by atoms with E-state index in [2.05, 4.69) is 50.3 Å². The van der Waals surface area contributed by atoms with Crippen molar-refractivity contribution in [1.29, 1.82) is 0 Å². The Balaban J connectivity index is 1.27. The van der Waals surface area contributed by atoms with Gasteiger partial charge < -0.3 is 14.7 Å². The molecule has 0 N–H and O–H groups in total. The van der Waals surface area contributed by atoms with Gasteiger partial charge in [-0.05, 0) is 56.6 Å². The second-order valence-electron chi connectivity index (χ2n) is 8.26. The lowest BCUT2D eigenvalue weighted by Crippen LogP contribution is -2.41. The lowest BCUT2D eigenvalue weighted by Gasteiger charge is -2.40. The molecule has 0 amide bonds. The summed E-state index contributed by atoms with van der Waals surface area (Å²) in [6, 6.07) is 9.01. The first-order chi connectivity index (χ1) is 13.1. The van der Waals surface area contributed by atoms with Gasteiger partial charge in [0, 0.05) is 57.5 Å². The molecular weight excluding hydrogens is 354 g/mol. The van der Waals surface area contributed by atoms with Crippen molar-refractivity contribution < 1.29 is 0 Å². The number of piperidine rings is 2. The Morgan fingerprint density at radius 3 is 1.96 bits per heavy atom. The fraction of sp³-hybridized carbons (Fsp3) is 0.619. The first kappa shape index (κ1) is 18.5. The van der Waals surface area contributed by atoms with Gasteiger partial charge >= 0.3 is 0 Å². The van der Waals surface area contributed by atoms with Crippen LogP contribution in [0.15, 0.2) is 24.3 Å². The van der Waals surface area contributed by atoms with Crippen LogP contribution in [0.5, 0.6) is 0 Å². The van der Waals surface area contributed by atoms with Crippen molar-refractivity contribution in [3.8, 4) is 0 Å². The van der Waals surface area contributed by atoms with E-state index in [1.165, 1.54) is 61.6 Å². The van der Waals surface area contributed by atoms with E-state index in [9.17, 15) is 0 Å². The van der Waals surface area contributed by atoms with Gasteiger partial charge in [0.1, 0.15) is 0 Å². The van der Waals surface area contributed by atoms with E-state index < -0.39 is 0 Å². The molecule has 1 aromatic heterocycles. The smallest absolute Gasteiger partial charge is 0.238 e. The van der Waals surface area contributed by atoms with Crippen molar-refractivity contribution in [2.24, 2.45) is 11.8 Å². The van der Waals surface area contributed by atoms with E-state index in [0.717, 1.165) is 36.0 Å². The fourth-order valence-corrected chi connectivity index (χ4v) is 5.25. The number of hydrogen-bond donors (Lipinski definition) is 0. The van der Waals surface area contributed by atoms with E-state index in [0.29, 0.717) is 0 Å². The first-order valence-corrected chi connectivity index (χ1v) is 10.9. The highest BCUT2D eigenvalue weighted by Crippen LogP contribution is 2.35. The zero-order chi connectivity index (χ0) is 18.8. The molecule has 5 nitrogen and oxygen atoms in total. The summed E-state index contributed by atoms with van der Waals surface area (Å²) in [7, 11) is 4.00. The summed E-state index contributed by atoms with van der Waals surface area (Å²) >= 11 is 1.54. The van der Waals surface area contributed by atoms with Gasteiger partial charge in [-0.25, -0.2) is 0 Å². The Hall–Kier alpha value is -1.82. The third-order valence-corrected chi connectivity index (χ3v) is 6.99. The molecule has 2 aliphatic rings. The van der Waals surface area contributed by atoms with Gasteiger partial charge in [0.25, 0.3) is 0 Å². The Bertz CT molecular complexity index is 725. The predicted octanol–water partition coefficient (Wildman–Crippen LogP) is 4.05. The van der Waals surface area contributed by atoms with E-state index in [4.69, 9.17) is 0 Å². The highest BCUT2D eigenvalue weighted by Gasteiger charge is 2.30. The number of nitrogens with zero attached hydrogens (tertiary/aromatic N) is 5. The van der Waals surface area contributed by atoms with Crippen LogP contribution in [0, 0.1) is 18.8 Å². The van der Waals surface area contributed by atoms with Crippen LogP contribution in [0.4, 0.5) is 16.8 Å². The number of aryl methyl sites for hydroxylation is 1. The molecule has 0 atom stereocenters. The molecule has 0 unspecified atom stereocenters. The Morgan fingerprint density at radius 2 is 1.44 bits per heavy atom. The molecule has 2 fully saturated rings. The molecule has 0 saturated carbocycles. The molecule has 27 heavy (non-hydrogen) atoms. The first-order valence-electron chi connectivity index (χ1n) is 10.2. The topological polar surface area (TPSA) is 35.5 Å². The van der Waals surface area contributed by atoms with Gasteiger partial charge in [-0.2, -0.15) is 9.36 Å². The van der Waals surface area contributed by atoms with Crippen LogP contribution in [0.25, 0.3) is 0 Å². The normalized spacial score (nSPS) is 19.5. The van der Waals surface area contributed by atoms with Gasteiger partial charge in [-0.1, -0.05) is 17.7 Å².